The van der Waals surface area contributed by atoms with Gasteiger partial charge in [-0.05, 0) is 12.0 Å². The molecule has 0 unspecified atom stereocenters. The smallest absolute Gasteiger partial charge is 0.253 e. The summed E-state index contributed by atoms with van der Waals surface area (Å²) in [5, 5.41) is 3.37. The summed E-state index contributed by atoms with van der Waals surface area (Å²) in [5.41, 5.74) is 1.96. The second kappa shape index (κ2) is 8.79. The van der Waals surface area contributed by atoms with Gasteiger partial charge in [0.25, 0.3) is 5.91 Å². The number of likely N-dealkylation sites (tertiary alicyclic amines) is 1. The third kappa shape index (κ3) is 4.68. The molecule has 0 radical (unpaired) electrons. The van der Waals surface area contributed by atoms with E-state index in [9.17, 15) is 4.79 Å². The Kier molecular flexibility index (Phi) is 6.20. The molecule has 2 aliphatic rings. The molecule has 2 saturated heterocycles. The second-order valence-electron chi connectivity index (χ2n) is 6.60. The van der Waals surface area contributed by atoms with Crippen LogP contribution in [0.25, 0.3) is 0 Å². The second-order valence-corrected chi connectivity index (χ2v) is 6.60. The van der Waals surface area contributed by atoms with E-state index in [1.54, 1.807) is 6.08 Å². The van der Waals surface area contributed by atoms with Gasteiger partial charge in [0.1, 0.15) is 0 Å². The van der Waals surface area contributed by atoms with Gasteiger partial charge >= 0.3 is 0 Å². The highest BCUT2D eigenvalue weighted by Crippen LogP contribution is 2.19. The molecule has 4 heteroatoms. The van der Waals surface area contributed by atoms with Crippen LogP contribution in [-0.2, 0) is 11.2 Å². The predicted octanol–water partition coefficient (Wildman–Crippen LogP) is 2.01. The molecule has 2 aliphatic heterocycles. The number of nitrogens with zero attached hydrogens (tertiary/aromatic N) is 2. The van der Waals surface area contributed by atoms with Gasteiger partial charge in [0, 0.05) is 50.9 Å². The van der Waals surface area contributed by atoms with Crippen LogP contribution in [0, 0.1) is 0 Å². The minimum Gasteiger partial charge on any atom is -0.335 e. The Balaban J connectivity index is 1.53. The number of nitrogens with one attached hydrogen (secondary N) is 1. The van der Waals surface area contributed by atoms with Crippen molar-refractivity contribution in [2.45, 2.75) is 12.5 Å². The van der Waals surface area contributed by atoms with Crippen LogP contribution in [-0.4, -0.2) is 61.0 Å². The topological polar surface area (TPSA) is 35.6 Å². The highest BCUT2D eigenvalue weighted by atomic mass is 16.2. The Morgan fingerprint density at radius 1 is 1.20 bits per heavy atom. The fourth-order valence-corrected chi connectivity index (χ4v) is 3.34. The van der Waals surface area contributed by atoms with Crippen LogP contribution >= 0.6 is 0 Å². The van der Waals surface area contributed by atoms with Crippen molar-refractivity contribution < 1.29 is 4.79 Å². The lowest BCUT2D eigenvalue weighted by molar-refractivity contribution is -0.134. The molecule has 2 fully saturated rings. The van der Waals surface area contributed by atoms with Gasteiger partial charge in [0.15, 0.2) is 0 Å². The maximum Gasteiger partial charge on any atom is 0.253 e. The molecule has 3 rings (SSSR count). The Morgan fingerprint density at radius 2 is 1.92 bits per heavy atom. The summed E-state index contributed by atoms with van der Waals surface area (Å²) >= 11 is 0. The summed E-state index contributed by atoms with van der Waals surface area (Å²) < 4.78 is 0. The van der Waals surface area contributed by atoms with Gasteiger partial charge in [0.05, 0.1) is 0 Å². The molecule has 0 saturated carbocycles. The summed E-state index contributed by atoms with van der Waals surface area (Å²) in [6.07, 6.45) is 8.30. The summed E-state index contributed by atoms with van der Waals surface area (Å²) in [7, 11) is 0. The van der Waals surface area contributed by atoms with Crippen molar-refractivity contribution >= 4 is 5.91 Å². The first-order valence-corrected chi connectivity index (χ1v) is 9.05. The lowest BCUT2D eigenvalue weighted by Gasteiger charge is -2.46. The molecule has 1 aromatic carbocycles. The lowest BCUT2D eigenvalue weighted by Crippen LogP contribution is -2.64. The molecule has 25 heavy (non-hydrogen) atoms. The van der Waals surface area contributed by atoms with Gasteiger partial charge in [0.2, 0.25) is 0 Å². The van der Waals surface area contributed by atoms with Gasteiger partial charge in [-0.3, -0.25) is 9.69 Å². The maximum atomic E-state index is 12.7. The van der Waals surface area contributed by atoms with Crippen molar-refractivity contribution in [2.24, 2.45) is 0 Å². The largest absolute Gasteiger partial charge is 0.335 e. The van der Waals surface area contributed by atoms with Gasteiger partial charge in [-0.1, -0.05) is 61.2 Å². The SMILES string of the molecule is C=C/C=C(\C=C/Cc1ccccc1)C(=O)N1CC(N2CCNCC2)C1. The first-order valence-electron chi connectivity index (χ1n) is 9.05. The normalized spacial score (nSPS) is 19.8. The maximum absolute atomic E-state index is 12.7. The zero-order chi connectivity index (χ0) is 17.5. The summed E-state index contributed by atoms with van der Waals surface area (Å²) in [6, 6.07) is 10.8. The zero-order valence-corrected chi connectivity index (χ0v) is 14.7. The highest BCUT2D eigenvalue weighted by molar-refractivity contribution is 5.97. The van der Waals surface area contributed by atoms with Crippen molar-refractivity contribution in [2.75, 3.05) is 39.3 Å². The first-order chi connectivity index (χ1) is 12.3. The van der Waals surface area contributed by atoms with E-state index < -0.39 is 0 Å². The van der Waals surface area contributed by atoms with Gasteiger partial charge in [-0.15, -0.1) is 0 Å². The van der Waals surface area contributed by atoms with Gasteiger partial charge < -0.3 is 10.2 Å². The summed E-state index contributed by atoms with van der Waals surface area (Å²) in [5.74, 6) is 0.107. The number of rotatable bonds is 6. The standard InChI is InChI=1S/C21H27N3O/c1-2-7-19(11-6-10-18-8-4-3-5-9-18)21(25)24-16-20(17-24)23-14-12-22-13-15-23/h2-9,11,20,22H,1,10,12-17H2/b11-6-,19-7+. The van der Waals surface area contributed by atoms with Crippen molar-refractivity contribution in [1.29, 1.82) is 0 Å². The van der Waals surface area contributed by atoms with E-state index in [-0.39, 0.29) is 5.91 Å². The van der Waals surface area contributed by atoms with E-state index >= 15 is 0 Å². The van der Waals surface area contributed by atoms with E-state index in [2.05, 4.69) is 35.0 Å². The van der Waals surface area contributed by atoms with Crippen LogP contribution in [0.15, 0.2) is 66.8 Å². The van der Waals surface area contributed by atoms with Crippen LogP contribution in [0.5, 0.6) is 0 Å². The van der Waals surface area contributed by atoms with Crippen molar-refractivity contribution in [3.63, 3.8) is 0 Å². The number of hydrogen-bond donors (Lipinski definition) is 1. The van der Waals surface area contributed by atoms with E-state index in [1.165, 1.54) is 5.56 Å². The number of carbonyl (C=O) groups excluding carboxylic acids is 1. The summed E-state index contributed by atoms with van der Waals surface area (Å²) in [6.45, 7) is 9.68. The predicted molar refractivity (Wildman–Crippen MR) is 102 cm³/mol. The first kappa shape index (κ1) is 17.6. The van der Waals surface area contributed by atoms with Crippen LogP contribution < -0.4 is 5.32 Å². The number of benzene rings is 1. The molecule has 1 aromatic rings. The van der Waals surface area contributed by atoms with Crippen LogP contribution in [0.2, 0.25) is 0 Å². The van der Waals surface area contributed by atoms with Crippen LogP contribution in [0.1, 0.15) is 5.56 Å². The molecule has 2 heterocycles. The number of carbonyl (C=O) groups is 1. The molecule has 0 atom stereocenters. The third-order valence-corrected chi connectivity index (χ3v) is 4.86. The highest BCUT2D eigenvalue weighted by Gasteiger charge is 2.35. The van der Waals surface area contributed by atoms with Crippen molar-refractivity contribution in [3.05, 3.63) is 72.4 Å². The number of hydrogen-bond acceptors (Lipinski definition) is 3. The number of amides is 1. The summed E-state index contributed by atoms with van der Waals surface area (Å²) in [4.78, 5) is 17.1. The molecule has 0 bridgehead atoms. The van der Waals surface area contributed by atoms with Gasteiger partial charge in [-0.25, -0.2) is 0 Å². The monoisotopic (exact) mass is 337 g/mol. The molecule has 0 spiro atoms. The minimum atomic E-state index is 0.107. The quantitative estimate of drug-likeness (QED) is 0.637. The van der Waals surface area contributed by atoms with E-state index in [4.69, 9.17) is 0 Å². The molecule has 0 aliphatic carbocycles. The fourth-order valence-electron chi connectivity index (χ4n) is 3.34. The van der Waals surface area contributed by atoms with Crippen LogP contribution in [0.3, 0.4) is 0 Å². The molecule has 0 aromatic heterocycles. The third-order valence-electron chi connectivity index (χ3n) is 4.86. The molecule has 4 nitrogen and oxygen atoms in total. The Bertz CT molecular complexity index is 638. The van der Waals surface area contributed by atoms with Crippen molar-refractivity contribution in [1.82, 2.24) is 15.1 Å². The molecule has 1 N–H and O–H groups in total. The van der Waals surface area contributed by atoms with E-state index in [1.807, 2.05) is 35.3 Å². The number of piperazine rings is 1. The molecular formula is C21H27N3O. The molecule has 132 valence electrons. The zero-order valence-electron chi connectivity index (χ0n) is 14.7. The Morgan fingerprint density at radius 3 is 2.60 bits per heavy atom. The minimum absolute atomic E-state index is 0.107. The lowest BCUT2D eigenvalue weighted by atomic mass is 10.0. The Hall–Kier alpha value is -2.17. The van der Waals surface area contributed by atoms with Crippen LogP contribution in [0.4, 0.5) is 0 Å². The average molecular weight is 337 g/mol. The van der Waals surface area contributed by atoms with E-state index in [0.29, 0.717) is 11.6 Å². The van der Waals surface area contributed by atoms with Crippen molar-refractivity contribution in [3.8, 4) is 0 Å². The number of allylic oxidation sites excluding steroid dienone is 3. The van der Waals surface area contributed by atoms with E-state index in [0.717, 1.165) is 45.7 Å². The van der Waals surface area contributed by atoms with Gasteiger partial charge in [-0.2, -0.15) is 0 Å². The Labute approximate surface area is 150 Å². The molecule has 1 amide bonds. The average Bonchev–Trinajstić information content (AvgIpc) is 2.61. The molecular weight excluding hydrogens is 310 g/mol. The fraction of sp³-hybridized carbons (Fsp3) is 0.381.